The fourth-order valence-corrected chi connectivity index (χ4v) is 2.12. The SMILES string of the molecule is C=CC(=O)NC(c1ccc(NC(C)=O)cc1)c1nccn1C. The number of nitrogens with zero attached hydrogens (tertiary/aromatic N) is 2. The highest BCUT2D eigenvalue weighted by molar-refractivity contribution is 5.89. The van der Waals surface area contributed by atoms with Gasteiger partial charge in [0.15, 0.2) is 0 Å². The van der Waals surface area contributed by atoms with Gasteiger partial charge in [0.1, 0.15) is 11.9 Å². The Labute approximate surface area is 128 Å². The van der Waals surface area contributed by atoms with Gasteiger partial charge in [-0.15, -0.1) is 0 Å². The summed E-state index contributed by atoms with van der Waals surface area (Å²) in [5.74, 6) is 0.301. The normalized spacial score (nSPS) is 11.5. The predicted molar refractivity (Wildman–Crippen MR) is 84.1 cm³/mol. The molecule has 114 valence electrons. The molecule has 0 fully saturated rings. The van der Waals surface area contributed by atoms with Gasteiger partial charge in [-0.25, -0.2) is 4.98 Å². The lowest BCUT2D eigenvalue weighted by Gasteiger charge is -2.18. The molecule has 2 rings (SSSR count). The van der Waals surface area contributed by atoms with Gasteiger partial charge >= 0.3 is 0 Å². The van der Waals surface area contributed by atoms with Gasteiger partial charge in [-0.3, -0.25) is 9.59 Å². The fourth-order valence-electron chi connectivity index (χ4n) is 2.12. The summed E-state index contributed by atoms with van der Waals surface area (Å²) in [6, 6.07) is 6.86. The summed E-state index contributed by atoms with van der Waals surface area (Å²) in [5.41, 5.74) is 1.56. The van der Waals surface area contributed by atoms with Gasteiger partial charge in [-0.05, 0) is 23.8 Å². The summed E-state index contributed by atoms with van der Waals surface area (Å²) in [5, 5.41) is 5.56. The van der Waals surface area contributed by atoms with Crippen molar-refractivity contribution in [3.05, 3.63) is 60.7 Å². The third-order valence-corrected chi connectivity index (χ3v) is 3.15. The Morgan fingerprint density at radius 1 is 1.32 bits per heavy atom. The van der Waals surface area contributed by atoms with E-state index in [2.05, 4.69) is 22.2 Å². The van der Waals surface area contributed by atoms with Gasteiger partial charge in [0, 0.05) is 32.1 Å². The third-order valence-electron chi connectivity index (χ3n) is 3.15. The van der Waals surface area contributed by atoms with Crippen molar-refractivity contribution in [2.75, 3.05) is 5.32 Å². The maximum atomic E-state index is 11.7. The van der Waals surface area contributed by atoms with E-state index in [-0.39, 0.29) is 11.8 Å². The second-order valence-electron chi connectivity index (χ2n) is 4.85. The standard InChI is InChI=1S/C16H18N4O2/c1-4-14(22)19-15(16-17-9-10-20(16)3)12-5-7-13(8-6-12)18-11(2)21/h4-10,15H,1H2,2-3H3,(H,18,21)(H,19,22). The maximum Gasteiger partial charge on any atom is 0.244 e. The molecule has 6 heteroatoms. The molecule has 0 saturated carbocycles. The summed E-state index contributed by atoms with van der Waals surface area (Å²) in [6.45, 7) is 4.92. The molecule has 2 N–H and O–H groups in total. The summed E-state index contributed by atoms with van der Waals surface area (Å²) in [6.07, 6.45) is 4.71. The third kappa shape index (κ3) is 3.60. The van der Waals surface area contributed by atoms with E-state index in [1.807, 2.05) is 29.9 Å². The molecule has 1 aromatic heterocycles. The van der Waals surface area contributed by atoms with Crippen LogP contribution in [-0.2, 0) is 16.6 Å². The van der Waals surface area contributed by atoms with E-state index in [4.69, 9.17) is 0 Å². The van der Waals surface area contributed by atoms with Gasteiger partial charge < -0.3 is 15.2 Å². The lowest BCUT2D eigenvalue weighted by molar-refractivity contribution is -0.117. The highest BCUT2D eigenvalue weighted by atomic mass is 16.2. The molecule has 2 aromatic rings. The van der Waals surface area contributed by atoms with Crippen LogP contribution < -0.4 is 10.6 Å². The molecular weight excluding hydrogens is 280 g/mol. The van der Waals surface area contributed by atoms with E-state index < -0.39 is 6.04 Å². The molecule has 22 heavy (non-hydrogen) atoms. The molecule has 1 unspecified atom stereocenters. The first kappa shape index (κ1) is 15.5. The molecule has 6 nitrogen and oxygen atoms in total. The Morgan fingerprint density at radius 2 is 2.00 bits per heavy atom. The highest BCUT2D eigenvalue weighted by Gasteiger charge is 2.19. The van der Waals surface area contributed by atoms with Crippen molar-refractivity contribution in [2.24, 2.45) is 7.05 Å². The van der Waals surface area contributed by atoms with Crippen LogP contribution in [0.3, 0.4) is 0 Å². The van der Waals surface area contributed by atoms with Crippen molar-refractivity contribution < 1.29 is 9.59 Å². The van der Waals surface area contributed by atoms with Crippen molar-refractivity contribution >= 4 is 17.5 Å². The largest absolute Gasteiger partial charge is 0.339 e. The number of carbonyl (C=O) groups is 2. The number of benzene rings is 1. The van der Waals surface area contributed by atoms with E-state index in [0.29, 0.717) is 11.5 Å². The van der Waals surface area contributed by atoms with Gasteiger partial charge in [-0.1, -0.05) is 18.7 Å². The first-order valence-corrected chi connectivity index (χ1v) is 6.79. The molecule has 2 amide bonds. The molecule has 0 aliphatic heterocycles. The van der Waals surface area contributed by atoms with Crippen LogP contribution >= 0.6 is 0 Å². The minimum atomic E-state index is -0.392. The number of imidazole rings is 1. The van der Waals surface area contributed by atoms with Gasteiger partial charge in [0.2, 0.25) is 11.8 Å². The average molecular weight is 298 g/mol. The Bertz CT molecular complexity index is 688. The number of rotatable bonds is 5. The van der Waals surface area contributed by atoms with Crippen LogP contribution in [-0.4, -0.2) is 21.4 Å². The highest BCUT2D eigenvalue weighted by Crippen LogP contribution is 2.22. The Hall–Kier alpha value is -2.89. The average Bonchev–Trinajstić information content (AvgIpc) is 2.91. The number of hydrogen-bond acceptors (Lipinski definition) is 3. The minimum Gasteiger partial charge on any atom is -0.339 e. The number of aromatic nitrogens is 2. The predicted octanol–water partition coefficient (Wildman–Crippen LogP) is 1.77. The molecule has 1 aromatic carbocycles. The lowest BCUT2D eigenvalue weighted by atomic mass is 10.1. The Morgan fingerprint density at radius 3 is 2.50 bits per heavy atom. The van der Waals surface area contributed by atoms with Crippen LogP contribution in [0.15, 0.2) is 49.3 Å². The van der Waals surface area contributed by atoms with Crippen molar-refractivity contribution in [3.8, 4) is 0 Å². The zero-order valence-electron chi connectivity index (χ0n) is 12.5. The smallest absolute Gasteiger partial charge is 0.244 e. The first-order valence-electron chi connectivity index (χ1n) is 6.79. The van der Waals surface area contributed by atoms with E-state index >= 15 is 0 Å². The zero-order valence-corrected chi connectivity index (χ0v) is 12.5. The summed E-state index contributed by atoms with van der Waals surface area (Å²) in [7, 11) is 1.86. The van der Waals surface area contributed by atoms with Crippen LogP contribution in [0.4, 0.5) is 5.69 Å². The van der Waals surface area contributed by atoms with Crippen LogP contribution in [0.1, 0.15) is 24.4 Å². The van der Waals surface area contributed by atoms with E-state index in [9.17, 15) is 9.59 Å². The number of amides is 2. The molecule has 0 saturated heterocycles. The Balaban J connectivity index is 2.32. The number of hydrogen-bond donors (Lipinski definition) is 2. The van der Waals surface area contributed by atoms with Crippen molar-refractivity contribution in [3.63, 3.8) is 0 Å². The second-order valence-corrected chi connectivity index (χ2v) is 4.85. The molecule has 0 bridgehead atoms. The minimum absolute atomic E-state index is 0.131. The monoisotopic (exact) mass is 298 g/mol. The van der Waals surface area contributed by atoms with Crippen LogP contribution in [0, 0.1) is 0 Å². The summed E-state index contributed by atoms with van der Waals surface area (Å²) in [4.78, 5) is 27.0. The molecule has 1 heterocycles. The van der Waals surface area contributed by atoms with E-state index in [1.54, 1.807) is 18.3 Å². The number of carbonyl (C=O) groups excluding carboxylic acids is 2. The second kappa shape index (κ2) is 6.71. The molecular formula is C16H18N4O2. The molecule has 0 radical (unpaired) electrons. The lowest BCUT2D eigenvalue weighted by Crippen LogP contribution is -2.29. The van der Waals surface area contributed by atoms with Gasteiger partial charge in [-0.2, -0.15) is 0 Å². The zero-order chi connectivity index (χ0) is 16.1. The van der Waals surface area contributed by atoms with Gasteiger partial charge in [0.25, 0.3) is 0 Å². The van der Waals surface area contributed by atoms with E-state index in [1.165, 1.54) is 13.0 Å². The van der Waals surface area contributed by atoms with Crippen LogP contribution in [0.25, 0.3) is 0 Å². The number of aryl methyl sites for hydroxylation is 1. The fraction of sp³-hybridized carbons (Fsp3) is 0.188. The Kier molecular flexibility index (Phi) is 4.73. The van der Waals surface area contributed by atoms with E-state index in [0.717, 1.165) is 5.56 Å². The van der Waals surface area contributed by atoms with Crippen molar-refractivity contribution in [1.29, 1.82) is 0 Å². The topological polar surface area (TPSA) is 76.0 Å². The van der Waals surface area contributed by atoms with Crippen molar-refractivity contribution in [1.82, 2.24) is 14.9 Å². The van der Waals surface area contributed by atoms with Crippen LogP contribution in [0.2, 0.25) is 0 Å². The summed E-state index contributed by atoms with van der Waals surface area (Å²) >= 11 is 0. The number of nitrogens with one attached hydrogen (secondary N) is 2. The molecule has 0 spiro atoms. The maximum absolute atomic E-state index is 11.7. The molecule has 0 aliphatic rings. The van der Waals surface area contributed by atoms with Crippen LogP contribution in [0.5, 0.6) is 0 Å². The van der Waals surface area contributed by atoms with Crippen molar-refractivity contribution in [2.45, 2.75) is 13.0 Å². The van der Waals surface area contributed by atoms with Gasteiger partial charge in [0.05, 0.1) is 0 Å². The molecule has 0 aliphatic carbocycles. The number of anilines is 1. The first-order chi connectivity index (χ1) is 10.5. The molecule has 1 atom stereocenters. The summed E-state index contributed by atoms with van der Waals surface area (Å²) < 4.78 is 1.84. The quantitative estimate of drug-likeness (QED) is 0.826.